The third-order valence-corrected chi connectivity index (χ3v) is 6.62. The molecule has 0 aliphatic carbocycles. The van der Waals surface area contributed by atoms with Crippen LogP contribution in [0.5, 0.6) is 0 Å². The quantitative estimate of drug-likeness (QED) is 0.574. The van der Waals surface area contributed by atoms with Crippen molar-refractivity contribution in [1.82, 2.24) is 25.3 Å². The molecule has 1 aliphatic rings. The summed E-state index contributed by atoms with van der Waals surface area (Å²) in [6.07, 6.45) is 0. The van der Waals surface area contributed by atoms with Crippen molar-refractivity contribution in [1.29, 1.82) is 0 Å². The van der Waals surface area contributed by atoms with Crippen LogP contribution in [0.2, 0.25) is 0 Å². The smallest absolute Gasteiger partial charge is 0.251 e. The number of nitrogens with zero attached hydrogens (tertiary/aromatic N) is 4. The fourth-order valence-electron chi connectivity index (χ4n) is 3.86. The lowest BCUT2D eigenvalue weighted by Gasteiger charge is -2.36. The minimum atomic E-state index is -0.561. The zero-order chi connectivity index (χ0) is 23.4. The monoisotopic (exact) mass is 467 g/mol. The van der Waals surface area contributed by atoms with Gasteiger partial charge in [-0.15, -0.1) is 11.3 Å². The van der Waals surface area contributed by atoms with Gasteiger partial charge in [0.25, 0.3) is 5.91 Å². The Bertz CT molecular complexity index is 1090. The van der Waals surface area contributed by atoms with Gasteiger partial charge in [-0.25, -0.2) is 0 Å². The van der Waals surface area contributed by atoms with Gasteiger partial charge in [-0.1, -0.05) is 42.8 Å². The summed E-state index contributed by atoms with van der Waals surface area (Å²) in [5.41, 5.74) is 1.58. The number of carbonyl (C=O) groups excluding carboxylic acids is 2. The Morgan fingerprint density at radius 1 is 1.15 bits per heavy atom. The first-order valence-corrected chi connectivity index (χ1v) is 12.0. The number of nitrogens with one attached hydrogen (secondary N) is 1. The van der Waals surface area contributed by atoms with Gasteiger partial charge in [0.05, 0.1) is 11.4 Å². The summed E-state index contributed by atoms with van der Waals surface area (Å²) in [4.78, 5) is 35.5. The molecular weight excluding hydrogens is 438 g/mol. The minimum absolute atomic E-state index is 0.0154. The number of aryl methyl sites for hydroxylation is 1. The van der Waals surface area contributed by atoms with Crippen LogP contribution in [0.3, 0.4) is 0 Å². The summed E-state index contributed by atoms with van der Waals surface area (Å²) < 4.78 is 5.41. The standard InChI is InChI=1S/C24H29N5O3S/c1-16(2)21(26-23(30)18-7-4-6-17(3)14-18)24(31)29-11-9-28(10-12-29)15-20-25-22(27-32-20)19-8-5-13-33-19/h4-8,13-14,16,21H,9-12,15H2,1-3H3,(H,26,30). The van der Waals surface area contributed by atoms with Crippen LogP contribution in [-0.2, 0) is 11.3 Å². The van der Waals surface area contributed by atoms with E-state index in [1.165, 1.54) is 0 Å². The summed E-state index contributed by atoms with van der Waals surface area (Å²) in [6, 6.07) is 10.8. The maximum Gasteiger partial charge on any atom is 0.251 e. The van der Waals surface area contributed by atoms with Crippen LogP contribution in [-0.4, -0.2) is 64.0 Å². The van der Waals surface area contributed by atoms with Gasteiger partial charge in [0.1, 0.15) is 6.04 Å². The zero-order valence-electron chi connectivity index (χ0n) is 19.2. The molecule has 2 aromatic heterocycles. The molecule has 0 bridgehead atoms. The summed E-state index contributed by atoms with van der Waals surface area (Å²) in [6.45, 7) is 9.00. The molecule has 1 aliphatic heterocycles. The number of piperazine rings is 1. The molecule has 1 N–H and O–H groups in total. The second-order valence-electron chi connectivity index (χ2n) is 8.66. The Morgan fingerprint density at radius 2 is 1.94 bits per heavy atom. The van der Waals surface area contributed by atoms with Crippen molar-refractivity contribution in [2.24, 2.45) is 5.92 Å². The molecule has 174 valence electrons. The van der Waals surface area contributed by atoms with E-state index in [1.54, 1.807) is 17.4 Å². The van der Waals surface area contributed by atoms with Crippen LogP contribution in [0.4, 0.5) is 0 Å². The Morgan fingerprint density at radius 3 is 2.61 bits per heavy atom. The molecule has 3 heterocycles. The second-order valence-corrected chi connectivity index (χ2v) is 9.60. The van der Waals surface area contributed by atoms with E-state index in [0.29, 0.717) is 50.0 Å². The maximum atomic E-state index is 13.2. The Labute approximate surface area is 197 Å². The molecule has 1 saturated heterocycles. The number of amides is 2. The Balaban J connectivity index is 1.32. The van der Waals surface area contributed by atoms with Gasteiger partial charge in [-0.3, -0.25) is 14.5 Å². The molecule has 1 atom stereocenters. The second kappa shape index (κ2) is 10.3. The molecule has 1 fully saturated rings. The third kappa shape index (κ3) is 5.66. The van der Waals surface area contributed by atoms with Crippen molar-refractivity contribution in [3.8, 4) is 10.7 Å². The summed E-state index contributed by atoms with van der Waals surface area (Å²) >= 11 is 1.57. The number of rotatable bonds is 7. The molecule has 1 aromatic carbocycles. The average Bonchev–Trinajstić information content (AvgIpc) is 3.49. The number of benzene rings is 1. The molecule has 1 unspecified atom stereocenters. The highest BCUT2D eigenvalue weighted by Crippen LogP contribution is 2.22. The van der Waals surface area contributed by atoms with E-state index in [2.05, 4.69) is 20.4 Å². The normalized spacial score (nSPS) is 15.6. The molecular formula is C24H29N5O3S. The molecule has 3 aromatic rings. The molecule has 4 rings (SSSR count). The van der Waals surface area contributed by atoms with Gasteiger partial charge in [-0.05, 0) is 36.4 Å². The van der Waals surface area contributed by atoms with Crippen LogP contribution in [0, 0.1) is 12.8 Å². The number of carbonyl (C=O) groups is 2. The lowest BCUT2D eigenvalue weighted by Crippen LogP contribution is -2.56. The number of thiophene rings is 1. The summed E-state index contributed by atoms with van der Waals surface area (Å²) in [7, 11) is 0. The van der Waals surface area contributed by atoms with Gasteiger partial charge >= 0.3 is 0 Å². The van der Waals surface area contributed by atoms with Crippen LogP contribution < -0.4 is 5.32 Å². The highest BCUT2D eigenvalue weighted by molar-refractivity contribution is 7.13. The highest BCUT2D eigenvalue weighted by Gasteiger charge is 2.31. The molecule has 33 heavy (non-hydrogen) atoms. The fraction of sp³-hybridized carbons (Fsp3) is 0.417. The Hall–Kier alpha value is -3.04. The fourth-order valence-corrected chi connectivity index (χ4v) is 4.51. The Kier molecular flexibility index (Phi) is 7.20. The van der Waals surface area contributed by atoms with Crippen LogP contribution >= 0.6 is 11.3 Å². The first-order chi connectivity index (χ1) is 15.9. The van der Waals surface area contributed by atoms with Crippen LogP contribution in [0.1, 0.15) is 35.7 Å². The van der Waals surface area contributed by atoms with Gasteiger partial charge in [0, 0.05) is 31.7 Å². The van der Waals surface area contributed by atoms with E-state index < -0.39 is 6.04 Å². The topological polar surface area (TPSA) is 91.6 Å². The van der Waals surface area contributed by atoms with Gasteiger partial charge in [0.2, 0.25) is 17.6 Å². The number of hydrogen-bond acceptors (Lipinski definition) is 7. The van der Waals surface area contributed by atoms with E-state index in [4.69, 9.17) is 4.52 Å². The van der Waals surface area contributed by atoms with E-state index >= 15 is 0 Å². The molecule has 9 heteroatoms. The van der Waals surface area contributed by atoms with Gasteiger partial charge in [0.15, 0.2) is 0 Å². The zero-order valence-corrected chi connectivity index (χ0v) is 20.0. The molecule has 0 spiro atoms. The van der Waals surface area contributed by atoms with E-state index in [-0.39, 0.29) is 17.7 Å². The molecule has 0 radical (unpaired) electrons. The maximum absolute atomic E-state index is 13.2. The van der Waals surface area contributed by atoms with Crippen LogP contribution in [0.15, 0.2) is 46.3 Å². The number of hydrogen-bond donors (Lipinski definition) is 1. The highest BCUT2D eigenvalue weighted by atomic mass is 32.1. The van der Waals surface area contributed by atoms with Gasteiger partial charge < -0.3 is 14.7 Å². The predicted molar refractivity (Wildman–Crippen MR) is 127 cm³/mol. The van der Waals surface area contributed by atoms with Crippen molar-refractivity contribution in [3.05, 3.63) is 58.8 Å². The van der Waals surface area contributed by atoms with E-state index in [1.807, 2.05) is 61.4 Å². The van der Waals surface area contributed by atoms with Crippen molar-refractivity contribution >= 4 is 23.2 Å². The first kappa shape index (κ1) is 23.1. The average molecular weight is 468 g/mol. The van der Waals surface area contributed by atoms with Crippen molar-refractivity contribution in [2.75, 3.05) is 26.2 Å². The van der Waals surface area contributed by atoms with Crippen LogP contribution in [0.25, 0.3) is 10.7 Å². The largest absolute Gasteiger partial charge is 0.340 e. The first-order valence-electron chi connectivity index (χ1n) is 11.2. The summed E-state index contributed by atoms with van der Waals surface area (Å²) in [5, 5.41) is 8.99. The molecule has 8 nitrogen and oxygen atoms in total. The van der Waals surface area contributed by atoms with Crippen molar-refractivity contribution < 1.29 is 14.1 Å². The third-order valence-electron chi connectivity index (χ3n) is 5.75. The molecule has 2 amide bonds. The lowest BCUT2D eigenvalue weighted by molar-refractivity contribution is -0.136. The van der Waals surface area contributed by atoms with Crippen molar-refractivity contribution in [2.45, 2.75) is 33.4 Å². The SMILES string of the molecule is Cc1cccc(C(=O)NC(C(=O)N2CCN(Cc3nc(-c4cccs4)no3)CC2)C(C)C)c1. The number of aromatic nitrogens is 2. The van der Waals surface area contributed by atoms with Gasteiger partial charge in [-0.2, -0.15) is 4.98 Å². The molecule has 0 saturated carbocycles. The minimum Gasteiger partial charge on any atom is -0.340 e. The van der Waals surface area contributed by atoms with Crippen molar-refractivity contribution in [3.63, 3.8) is 0 Å². The predicted octanol–water partition coefficient (Wildman–Crippen LogP) is 3.21. The lowest BCUT2D eigenvalue weighted by atomic mass is 10.0. The van der Waals surface area contributed by atoms with E-state index in [0.717, 1.165) is 10.4 Å². The van der Waals surface area contributed by atoms with E-state index in [9.17, 15) is 9.59 Å². The summed E-state index contributed by atoms with van der Waals surface area (Å²) in [5.74, 6) is 0.908.